The highest BCUT2D eigenvalue weighted by Gasteiger charge is 2.12. The first-order valence-corrected chi connectivity index (χ1v) is 6.56. The van der Waals surface area contributed by atoms with Gasteiger partial charge in [-0.1, -0.05) is 40.9 Å². The fourth-order valence-electron chi connectivity index (χ4n) is 1.32. The molecule has 0 aliphatic heterocycles. The van der Waals surface area contributed by atoms with Crippen molar-refractivity contribution < 1.29 is 0 Å². The normalized spacial score (nSPS) is 10.5. The average molecular weight is 384 g/mol. The van der Waals surface area contributed by atoms with Crippen molar-refractivity contribution in [1.82, 2.24) is 4.98 Å². The molecule has 1 aromatic carbocycles. The lowest BCUT2D eigenvalue weighted by Gasteiger charge is -2.08. The van der Waals surface area contributed by atoms with Crippen molar-refractivity contribution in [1.29, 1.82) is 0 Å². The first kappa shape index (κ1) is 12.4. The summed E-state index contributed by atoms with van der Waals surface area (Å²) >= 11 is 20.2. The summed E-state index contributed by atoms with van der Waals surface area (Å²) in [5.41, 5.74) is 1.49. The van der Waals surface area contributed by atoms with Crippen LogP contribution in [0.5, 0.6) is 0 Å². The lowest BCUT2D eigenvalue weighted by atomic mass is 10.1. The Morgan fingerprint density at radius 2 is 1.69 bits per heavy atom. The summed E-state index contributed by atoms with van der Waals surface area (Å²) in [6.07, 6.45) is 1.58. The van der Waals surface area contributed by atoms with Gasteiger partial charge in [0.25, 0.3) is 0 Å². The third-order valence-electron chi connectivity index (χ3n) is 2.01. The van der Waals surface area contributed by atoms with Crippen LogP contribution < -0.4 is 0 Å². The van der Waals surface area contributed by atoms with E-state index in [1.165, 1.54) is 0 Å². The van der Waals surface area contributed by atoms with Crippen LogP contribution in [0.4, 0.5) is 0 Å². The van der Waals surface area contributed by atoms with Crippen molar-refractivity contribution in [3.63, 3.8) is 0 Å². The highest BCUT2D eigenvalue weighted by Crippen LogP contribution is 2.36. The predicted octanol–water partition coefficient (Wildman–Crippen LogP) is 5.31. The molecule has 5 heteroatoms. The molecular formula is C11H5Cl3IN. The van der Waals surface area contributed by atoms with Crippen molar-refractivity contribution in [3.05, 3.63) is 49.1 Å². The molecule has 0 aliphatic carbocycles. The van der Waals surface area contributed by atoms with E-state index in [4.69, 9.17) is 34.8 Å². The quantitative estimate of drug-likeness (QED) is 0.607. The topological polar surface area (TPSA) is 12.9 Å². The monoisotopic (exact) mass is 383 g/mol. The largest absolute Gasteiger partial charge is 0.253 e. The Morgan fingerprint density at radius 1 is 1.06 bits per heavy atom. The fourth-order valence-corrected chi connectivity index (χ4v) is 2.99. The zero-order chi connectivity index (χ0) is 11.7. The molecule has 82 valence electrons. The maximum atomic E-state index is 6.12. The minimum atomic E-state index is 0.584. The van der Waals surface area contributed by atoms with Gasteiger partial charge in [-0.05, 0) is 40.8 Å². The zero-order valence-corrected chi connectivity index (χ0v) is 12.3. The van der Waals surface area contributed by atoms with Gasteiger partial charge in [-0.2, -0.15) is 0 Å². The molecule has 2 rings (SSSR count). The van der Waals surface area contributed by atoms with E-state index in [9.17, 15) is 0 Å². The van der Waals surface area contributed by atoms with Gasteiger partial charge in [-0.15, -0.1) is 0 Å². The fraction of sp³-hybridized carbons (Fsp3) is 0. The Hall–Kier alpha value is -0.0300. The number of hydrogen-bond acceptors (Lipinski definition) is 1. The molecule has 16 heavy (non-hydrogen) atoms. The Labute approximate surface area is 122 Å². The van der Waals surface area contributed by atoms with Gasteiger partial charge in [-0.3, -0.25) is 4.98 Å². The van der Waals surface area contributed by atoms with E-state index in [0.29, 0.717) is 15.1 Å². The Kier molecular flexibility index (Phi) is 3.95. The van der Waals surface area contributed by atoms with E-state index >= 15 is 0 Å². The number of aromatic nitrogens is 1. The number of nitrogens with zero attached hydrogens (tertiary/aromatic N) is 1. The minimum absolute atomic E-state index is 0.584. The molecule has 0 aliphatic rings. The highest BCUT2D eigenvalue weighted by atomic mass is 127. The molecule has 0 unspecified atom stereocenters. The first-order chi connectivity index (χ1) is 7.59. The third-order valence-corrected chi connectivity index (χ3v) is 3.67. The predicted molar refractivity (Wildman–Crippen MR) is 77.4 cm³/mol. The third kappa shape index (κ3) is 2.45. The molecule has 0 saturated heterocycles. The molecule has 0 saturated carbocycles. The van der Waals surface area contributed by atoms with Crippen LogP contribution in [0.1, 0.15) is 0 Å². The first-order valence-electron chi connectivity index (χ1n) is 4.35. The van der Waals surface area contributed by atoms with Crippen LogP contribution in [0.15, 0.2) is 30.5 Å². The van der Waals surface area contributed by atoms with Crippen LogP contribution in [-0.4, -0.2) is 4.98 Å². The summed E-state index contributed by atoms with van der Waals surface area (Å²) in [4.78, 5) is 4.26. The number of rotatable bonds is 1. The molecule has 1 nitrogen and oxygen atoms in total. The zero-order valence-electron chi connectivity index (χ0n) is 7.85. The second kappa shape index (κ2) is 5.08. The van der Waals surface area contributed by atoms with Crippen LogP contribution in [0.2, 0.25) is 15.1 Å². The summed E-state index contributed by atoms with van der Waals surface area (Å²) in [6, 6.07) is 7.20. The van der Waals surface area contributed by atoms with Crippen LogP contribution in [0.3, 0.4) is 0 Å². The van der Waals surface area contributed by atoms with E-state index in [1.54, 1.807) is 24.4 Å². The van der Waals surface area contributed by atoms with Crippen molar-refractivity contribution in [2.24, 2.45) is 0 Å². The van der Waals surface area contributed by atoms with Gasteiger partial charge >= 0.3 is 0 Å². The van der Waals surface area contributed by atoms with Gasteiger partial charge in [0.1, 0.15) is 0 Å². The molecule has 0 N–H and O–H groups in total. The second-order valence-corrected chi connectivity index (χ2v) is 5.49. The van der Waals surface area contributed by atoms with E-state index in [0.717, 1.165) is 14.8 Å². The van der Waals surface area contributed by atoms with E-state index < -0.39 is 0 Å². The standard InChI is InChI=1S/C11H5Cl3IN/c12-6-4-9(15)11(16-5-6)10-7(13)2-1-3-8(10)14/h1-5H. The van der Waals surface area contributed by atoms with Gasteiger partial charge in [0.05, 0.1) is 20.8 Å². The smallest absolute Gasteiger partial charge is 0.0866 e. The molecule has 0 amide bonds. The SMILES string of the molecule is Clc1cnc(-c2c(Cl)cccc2Cl)c(I)c1. The van der Waals surface area contributed by atoms with Crippen LogP contribution >= 0.6 is 57.4 Å². The molecule has 0 radical (unpaired) electrons. The van der Waals surface area contributed by atoms with Gasteiger partial charge in [0.2, 0.25) is 0 Å². The molecule has 0 bridgehead atoms. The van der Waals surface area contributed by atoms with E-state index in [2.05, 4.69) is 27.6 Å². The molecule has 1 aromatic heterocycles. The molecule has 2 aromatic rings. The Bertz CT molecular complexity index is 522. The van der Waals surface area contributed by atoms with Crippen molar-refractivity contribution in [2.45, 2.75) is 0 Å². The number of hydrogen-bond donors (Lipinski definition) is 0. The average Bonchev–Trinajstić information content (AvgIpc) is 2.20. The minimum Gasteiger partial charge on any atom is -0.253 e. The number of benzene rings is 1. The van der Waals surface area contributed by atoms with Gasteiger partial charge in [0.15, 0.2) is 0 Å². The van der Waals surface area contributed by atoms with Crippen molar-refractivity contribution in [3.8, 4) is 11.3 Å². The molecule has 0 atom stereocenters. The van der Waals surface area contributed by atoms with Crippen LogP contribution in [0.25, 0.3) is 11.3 Å². The second-order valence-electron chi connectivity index (χ2n) is 3.08. The Balaban J connectivity index is 2.68. The lowest BCUT2D eigenvalue weighted by Crippen LogP contribution is -1.90. The van der Waals surface area contributed by atoms with Gasteiger partial charge in [0, 0.05) is 15.3 Å². The number of pyridine rings is 1. The van der Waals surface area contributed by atoms with Crippen molar-refractivity contribution in [2.75, 3.05) is 0 Å². The summed E-state index contributed by atoms with van der Waals surface area (Å²) in [6.45, 7) is 0. The molecular weight excluding hydrogens is 379 g/mol. The number of halogens is 4. The summed E-state index contributed by atoms with van der Waals surface area (Å²) in [5, 5.41) is 1.76. The maximum Gasteiger partial charge on any atom is 0.0866 e. The van der Waals surface area contributed by atoms with Gasteiger partial charge < -0.3 is 0 Å². The molecule has 0 fully saturated rings. The lowest BCUT2D eigenvalue weighted by molar-refractivity contribution is 1.31. The van der Waals surface area contributed by atoms with Gasteiger partial charge in [-0.25, -0.2) is 0 Å². The molecule has 0 spiro atoms. The van der Waals surface area contributed by atoms with Crippen LogP contribution in [-0.2, 0) is 0 Å². The van der Waals surface area contributed by atoms with E-state index in [1.807, 2.05) is 6.07 Å². The maximum absolute atomic E-state index is 6.12. The Morgan fingerprint density at radius 3 is 2.25 bits per heavy atom. The highest BCUT2D eigenvalue weighted by molar-refractivity contribution is 14.1. The summed E-state index contributed by atoms with van der Waals surface area (Å²) < 4.78 is 0.917. The van der Waals surface area contributed by atoms with Crippen LogP contribution in [0, 0.1) is 3.57 Å². The van der Waals surface area contributed by atoms with Crippen molar-refractivity contribution >= 4 is 57.4 Å². The summed E-state index contributed by atoms with van der Waals surface area (Å²) in [5.74, 6) is 0. The molecule has 1 heterocycles. The van der Waals surface area contributed by atoms with E-state index in [-0.39, 0.29) is 0 Å². The summed E-state index contributed by atoms with van der Waals surface area (Å²) in [7, 11) is 0.